The summed E-state index contributed by atoms with van der Waals surface area (Å²) < 4.78 is 5.18. The van der Waals surface area contributed by atoms with Gasteiger partial charge in [-0.1, -0.05) is 24.3 Å². The summed E-state index contributed by atoms with van der Waals surface area (Å²) in [7, 11) is 1.58. The highest BCUT2D eigenvalue weighted by Gasteiger charge is 2.14. The van der Waals surface area contributed by atoms with Gasteiger partial charge in [-0.3, -0.25) is 0 Å². The molecule has 0 radical (unpaired) electrons. The first kappa shape index (κ1) is 14.6. The molecule has 7 nitrogen and oxygen atoms in total. The standard InChI is InChI=1S/C16H14N4O3/c1-23-13-7-3-4-10(9-13)14-18-15(20(17)19-14)11-5-2-6-12(8-11)16(21)22/h2-9H,17H2,1H3,(H,21,22). The maximum Gasteiger partial charge on any atom is 0.335 e. The molecule has 7 heteroatoms. The van der Waals surface area contributed by atoms with Gasteiger partial charge < -0.3 is 15.7 Å². The summed E-state index contributed by atoms with van der Waals surface area (Å²) in [5.41, 5.74) is 1.49. The molecule has 0 saturated carbocycles. The van der Waals surface area contributed by atoms with Crippen LogP contribution in [0, 0.1) is 0 Å². The lowest BCUT2D eigenvalue weighted by Gasteiger charge is -2.01. The molecule has 0 amide bonds. The normalized spacial score (nSPS) is 10.5. The zero-order valence-corrected chi connectivity index (χ0v) is 12.3. The van der Waals surface area contributed by atoms with E-state index in [0.29, 0.717) is 23.0 Å². The molecule has 3 aromatic rings. The van der Waals surface area contributed by atoms with Crippen LogP contribution in [-0.2, 0) is 0 Å². The van der Waals surface area contributed by atoms with Crippen molar-refractivity contribution in [1.29, 1.82) is 0 Å². The van der Waals surface area contributed by atoms with E-state index in [-0.39, 0.29) is 5.56 Å². The molecule has 2 aromatic carbocycles. The number of benzene rings is 2. The Morgan fingerprint density at radius 3 is 2.65 bits per heavy atom. The number of ether oxygens (including phenoxy) is 1. The van der Waals surface area contributed by atoms with Crippen molar-refractivity contribution in [1.82, 2.24) is 14.9 Å². The number of hydrogen-bond acceptors (Lipinski definition) is 5. The summed E-state index contributed by atoms with van der Waals surface area (Å²) in [5, 5.41) is 13.3. The Kier molecular flexibility index (Phi) is 3.68. The van der Waals surface area contributed by atoms with Crippen molar-refractivity contribution in [3.8, 4) is 28.5 Å². The van der Waals surface area contributed by atoms with Crippen LogP contribution < -0.4 is 10.6 Å². The quantitative estimate of drug-likeness (QED) is 0.715. The van der Waals surface area contributed by atoms with Crippen LogP contribution in [0.25, 0.3) is 22.8 Å². The first-order valence-corrected chi connectivity index (χ1v) is 6.79. The highest BCUT2D eigenvalue weighted by Crippen LogP contribution is 2.24. The number of carbonyl (C=O) groups is 1. The van der Waals surface area contributed by atoms with Gasteiger partial charge in [0.15, 0.2) is 11.6 Å². The van der Waals surface area contributed by atoms with Crippen LogP contribution in [-0.4, -0.2) is 33.1 Å². The molecule has 0 fully saturated rings. The minimum absolute atomic E-state index is 0.161. The molecule has 23 heavy (non-hydrogen) atoms. The fraction of sp³-hybridized carbons (Fsp3) is 0.0625. The number of aromatic nitrogens is 3. The van der Waals surface area contributed by atoms with Crippen LogP contribution >= 0.6 is 0 Å². The fourth-order valence-corrected chi connectivity index (χ4v) is 2.20. The molecule has 3 N–H and O–H groups in total. The molecule has 0 bridgehead atoms. The lowest BCUT2D eigenvalue weighted by Crippen LogP contribution is -2.12. The number of nitrogen functional groups attached to an aromatic ring is 1. The molecule has 0 aliphatic carbocycles. The fourth-order valence-electron chi connectivity index (χ4n) is 2.20. The van der Waals surface area contributed by atoms with Crippen molar-refractivity contribution >= 4 is 5.97 Å². The van der Waals surface area contributed by atoms with Gasteiger partial charge in [-0.25, -0.2) is 9.78 Å². The van der Waals surface area contributed by atoms with Crippen LogP contribution in [0.4, 0.5) is 0 Å². The Bertz CT molecular complexity index is 873. The summed E-state index contributed by atoms with van der Waals surface area (Å²) in [5.74, 6) is 6.36. The Labute approximate surface area is 131 Å². The van der Waals surface area contributed by atoms with Gasteiger partial charge in [0.1, 0.15) is 5.75 Å². The predicted octanol–water partition coefficient (Wildman–Crippen LogP) is 2.03. The lowest BCUT2D eigenvalue weighted by atomic mass is 10.1. The van der Waals surface area contributed by atoms with Crippen molar-refractivity contribution < 1.29 is 14.6 Å². The largest absolute Gasteiger partial charge is 0.497 e. The van der Waals surface area contributed by atoms with Gasteiger partial charge in [0.2, 0.25) is 0 Å². The third-order valence-corrected chi connectivity index (χ3v) is 3.33. The minimum atomic E-state index is -1.01. The van der Waals surface area contributed by atoms with Crippen molar-refractivity contribution in [2.45, 2.75) is 0 Å². The first-order valence-electron chi connectivity index (χ1n) is 6.79. The van der Waals surface area contributed by atoms with Crippen LogP contribution in [0.1, 0.15) is 10.4 Å². The molecule has 1 heterocycles. The van der Waals surface area contributed by atoms with Gasteiger partial charge in [0.05, 0.1) is 12.7 Å². The SMILES string of the molecule is COc1cccc(-c2nc(-c3cccc(C(=O)O)c3)n(N)n2)c1. The van der Waals surface area contributed by atoms with Gasteiger partial charge in [-0.2, -0.15) is 4.79 Å². The number of methoxy groups -OCH3 is 1. The number of carboxylic acids is 1. The monoisotopic (exact) mass is 310 g/mol. The van der Waals surface area contributed by atoms with E-state index in [4.69, 9.17) is 15.7 Å². The number of nitrogens with zero attached hydrogens (tertiary/aromatic N) is 3. The second-order valence-corrected chi connectivity index (χ2v) is 4.82. The number of rotatable bonds is 4. The topological polar surface area (TPSA) is 103 Å². The summed E-state index contributed by atoms with van der Waals surface area (Å²) in [6.07, 6.45) is 0. The third kappa shape index (κ3) is 2.84. The van der Waals surface area contributed by atoms with E-state index < -0.39 is 5.97 Å². The molecule has 0 atom stereocenters. The van der Waals surface area contributed by atoms with Crippen LogP contribution in [0.15, 0.2) is 48.5 Å². The Balaban J connectivity index is 2.04. The van der Waals surface area contributed by atoms with Gasteiger partial charge in [-0.15, -0.1) is 5.10 Å². The molecule has 116 valence electrons. The Morgan fingerprint density at radius 1 is 1.17 bits per heavy atom. The minimum Gasteiger partial charge on any atom is -0.497 e. The lowest BCUT2D eigenvalue weighted by molar-refractivity contribution is 0.0697. The van der Waals surface area contributed by atoms with Gasteiger partial charge in [0, 0.05) is 11.1 Å². The molecule has 0 aliphatic heterocycles. The second-order valence-electron chi connectivity index (χ2n) is 4.82. The molecule has 1 aromatic heterocycles. The molecule has 0 aliphatic rings. The number of aromatic carboxylic acids is 1. The zero-order chi connectivity index (χ0) is 16.4. The Morgan fingerprint density at radius 2 is 1.91 bits per heavy atom. The van der Waals surface area contributed by atoms with E-state index in [2.05, 4.69) is 10.1 Å². The average Bonchev–Trinajstić information content (AvgIpc) is 2.97. The highest BCUT2D eigenvalue weighted by atomic mass is 16.5. The molecular formula is C16H14N4O3. The van der Waals surface area contributed by atoms with Crippen molar-refractivity contribution in [3.05, 3.63) is 54.1 Å². The van der Waals surface area contributed by atoms with Gasteiger partial charge in [0.25, 0.3) is 0 Å². The van der Waals surface area contributed by atoms with Crippen LogP contribution in [0.5, 0.6) is 5.75 Å². The number of carboxylic acid groups (broad SMARTS) is 1. The van der Waals surface area contributed by atoms with Crippen molar-refractivity contribution in [2.24, 2.45) is 0 Å². The highest BCUT2D eigenvalue weighted by molar-refractivity contribution is 5.89. The van der Waals surface area contributed by atoms with E-state index in [1.54, 1.807) is 25.3 Å². The average molecular weight is 310 g/mol. The Hall–Kier alpha value is -3.35. The molecule has 0 unspecified atom stereocenters. The maximum absolute atomic E-state index is 11.1. The number of hydrogen-bond donors (Lipinski definition) is 2. The summed E-state index contributed by atoms with van der Waals surface area (Å²) in [6, 6.07) is 13.7. The maximum atomic E-state index is 11.1. The smallest absolute Gasteiger partial charge is 0.335 e. The van der Waals surface area contributed by atoms with E-state index in [9.17, 15) is 4.79 Å². The second kappa shape index (κ2) is 5.80. The molecule has 0 saturated heterocycles. The van der Waals surface area contributed by atoms with E-state index in [1.807, 2.05) is 18.2 Å². The zero-order valence-electron chi connectivity index (χ0n) is 12.3. The van der Waals surface area contributed by atoms with E-state index in [0.717, 1.165) is 10.4 Å². The molecular weight excluding hydrogens is 296 g/mol. The third-order valence-electron chi connectivity index (χ3n) is 3.33. The number of nitrogens with two attached hydrogens (primary N) is 1. The molecule has 3 rings (SSSR count). The molecule has 0 spiro atoms. The van der Waals surface area contributed by atoms with Gasteiger partial charge >= 0.3 is 5.97 Å². The van der Waals surface area contributed by atoms with Crippen LogP contribution in [0.2, 0.25) is 0 Å². The summed E-state index contributed by atoms with van der Waals surface area (Å²) in [4.78, 5) is 16.6. The van der Waals surface area contributed by atoms with Gasteiger partial charge in [-0.05, 0) is 24.3 Å². The van der Waals surface area contributed by atoms with Crippen molar-refractivity contribution in [2.75, 3.05) is 13.0 Å². The summed E-state index contributed by atoms with van der Waals surface area (Å²) in [6.45, 7) is 0. The van der Waals surface area contributed by atoms with Crippen LogP contribution in [0.3, 0.4) is 0 Å². The van der Waals surface area contributed by atoms with E-state index >= 15 is 0 Å². The predicted molar refractivity (Wildman–Crippen MR) is 84.6 cm³/mol. The first-order chi connectivity index (χ1) is 11.1. The van der Waals surface area contributed by atoms with E-state index in [1.165, 1.54) is 12.1 Å². The summed E-state index contributed by atoms with van der Waals surface area (Å²) >= 11 is 0. The van der Waals surface area contributed by atoms with Crippen molar-refractivity contribution in [3.63, 3.8) is 0 Å².